The van der Waals surface area contributed by atoms with E-state index in [1.165, 1.54) is 10.7 Å². The number of amides is 1. The molecule has 2 saturated heterocycles. The van der Waals surface area contributed by atoms with E-state index in [9.17, 15) is 13.2 Å². The molecule has 1 aromatic rings. The van der Waals surface area contributed by atoms with Crippen LogP contribution in [0.5, 0.6) is 0 Å². The summed E-state index contributed by atoms with van der Waals surface area (Å²) in [6.07, 6.45) is 3.37. The van der Waals surface area contributed by atoms with E-state index in [-0.39, 0.29) is 24.2 Å². The maximum Gasteiger partial charge on any atom is 0.243 e. The molecule has 8 heteroatoms. The molecular formula is C20H32ClN3O3S. The molecule has 2 fully saturated rings. The molecule has 1 atom stereocenters. The highest BCUT2D eigenvalue weighted by Gasteiger charge is 2.32. The van der Waals surface area contributed by atoms with Gasteiger partial charge in [-0.25, -0.2) is 8.42 Å². The van der Waals surface area contributed by atoms with Crippen molar-refractivity contribution in [2.75, 3.05) is 32.7 Å². The van der Waals surface area contributed by atoms with Gasteiger partial charge in [0.2, 0.25) is 15.9 Å². The second-order valence-corrected chi connectivity index (χ2v) is 9.80. The molecule has 2 N–H and O–H groups in total. The summed E-state index contributed by atoms with van der Waals surface area (Å²) >= 11 is 0. The Morgan fingerprint density at radius 3 is 2.50 bits per heavy atom. The minimum Gasteiger partial charge on any atom is -0.356 e. The summed E-state index contributed by atoms with van der Waals surface area (Å²) in [4.78, 5) is 12.7. The Bertz CT molecular complexity index is 771. The van der Waals surface area contributed by atoms with Gasteiger partial charge in [0.05, 0.1) is 4.90 Å². The Hall–Kier alpha value is -1.15. The molecule has 158 valence electrons. The molecule has 2 heterocycles. The van der Waals surface area contributed by atoms with Gasteiger partial charge in [-0.2, -0.15) is 4.31 Å². The molecule has 2 aliphatic rings. The molecule has 0 spiro atoms. The van der Waals surface area contributed by atoms with Crippen LogP contribution in [-0.4, -0.2) is 51.4 Å². The number of piperidine rings is 1. The zero-order chi connectivity index (χ0) is 19.4. The third-order valence-electron chi connectivity index (χ3n) is 5.96. The number of aryl methyl sites for hydroxylation is 2. The van der Waals surface area contributed by atoms with Crippen LogP contribution in [0.1, 0.15) is 36.8 Å². The summed E-state index contributed by atoms with van der Waals surface area (Å²) in [6, 6.07) is 5.26. The Morgan fingerprint density at radius 1 is 1.18 bits per heavy atom. The minimum absolute atomic E-state index is 0. The van der Waals surface area contributed by atoms with Gasteiger partial charge in [-0.1, -0.05) is 6.07 Å². The Kier molecular flexibility index (Phi) is 8.30. The van der Waals surface area contributed by atoms with E-state index in [1.54, 1.807) is 12.1 Å². The van der Waals surface area contributed by atoms with Gasteiger partial charge in [-0.3, -0.25) is 4.79 Å². The van der Waals surface area contributed by atoms with Crippen LogP contribution in [0.25, 0.3) is 0 Å². The van der Waals surface area contributed by atoms with Crippen molar-refractivity contribution in [1.29, 1.82) is 0 Å². The van der Waals surface area contributed by atoms with Gasteiger partial charge >= 0.3 is 0 Å². The van der Waals surface area contributed by atoms with Crippen LogP contribution >= 0.6 is 12.4 Å². The zero-order valence-corrected chi connectivity index (χ0v) is 18.4. The summed E-state index contributed by atoms with van der Waals surface area (Å²) < 4.78 is 27.3. The number of hydrogen-bond donors (Lipinski definition) is 2. The lowest BCUT2D eigenvalue weighted by Crippen LogP contribution is -2.43. The van der Waals surface area contributed by atoms with E-state index in [0.717, 1.165) is 30.6 Å². The van der Waals surface area contributed by atoms with Gasteiger partial charge in [-0.15, -0.1) is 12.4 Å². The summed E-state index contributed by atoms with van der Waals surface area (Å²) in [5, 5.41) is 6.38. The van der Waals surface area contributed by atoms with E-state index >= 15 is 0 Å². The molecule has 1 unspecified atom stereocenters. The average molecular weight is 430 g/mol. The first-order valence-corrected chi connectivity index (χ1v) is 11.4. The van der Waals surface area contributed by atoms with Gasteiger partial charge in [0, 0.05) is 25.6 Å². The predicted octanol–water partition coefficient (Wildman–Crippen LogP) is 2.24. The van der Waals surface area contributed by atoms with E-state index in [4.69, 9.17) is 0 Å². The first-order chi connectivity index (χ1) is 12.9. The van der Waals surface area contributed by atoms with Crippen molar-refractivity contribution in [3.63, 3.8) is 0 Å². The van der Waals surface area contributed by atoms with Crippen molar-refractivity contribution in [3.8, 4) is 0 Å². The van der Waals surface area contributed by atoms with Gasteiger partial charge < -0.3 is 10.6 Å². The summed E-state index contributed by atoms with van der Waals surface area (Å²) in [5.74, 6) is 0.650. The number of rotatable bonds is 6. The summed E-state index contributed by atoms with van der Waals surface area (Å²) in [7, 11) is -3.48. The Balaban J connectivity index is 0.00000280. The lowest BCUT2D eigenvalue weighted by molar-refractivity contribution is -0.126. The van der Waals surface area contributed by atoms with Gasteiger partial charge in [0.1, 0.15) is 0 Å². The normalized spacial score (nSPS) is 21.3. The fourth-order valence-corrected chi connectivity index (χ4v) is 5.44. The van der Waals surface area contributed by atoms with Crippen molar-refractivity contribution >= 4 is 28.3 Å². The third-order valence-corrected chi connectivity index (χ3v) is 7.85. The number of halogens is 1. The molecule has 0 aromatic heterocycles. The van der Waals surface area contributed by atoms with Crippen LogP contribution in [0.15, 0.2) is 23.1 Å². The molecule has 1 amide bonds. The van der Waals surface area contributed by atoms with E-state index < -0.39 is 10.0 Å². The molecule has 0 radical (unpaired) electrons. The maximum atomic E-state index is 12.9. The number of carbonyl (C=O) groups is 1. The largest absolute Gasteiger partial charge is 0.356 e. The van der Waals surface area contributed by atoms with Crippen molar-refractivity contribution < 1.29 is 13.2 Å². The zero-order valence-electron chi connectivity index (χ0n) is 16.7. The maximum absolute atomic E-state index is 12.9. The predicted molar refractivity (Wildman–Crippen MR) is 113 cm³/mol. The monoisotopic (exact) mass is 429 g/mol. The topological polar surface area (TPSA) is 78.5 Å². The molecule has 6 nitrogen and oxygen atoms in total. The van der Waals surface area contributed by atoms with E-state index in [2.05, 4.69) is 10.6 Å². The van der Waals surface area contributed by atoms with Crippen molar-refractivity contribution in [3.05, 3.63) is 29.3 Å². The molecule has 0 saturated carbocycles. The third kappa shape index (κ3) is 5.47. The molecule has 0 aliphatic carbocycles. The first kappa shape index (κ1) is 23.1. The van der Waals surface area contributed by atoms with Crippen LogP contribution in [0.4, 0.5) is 0 Å². The molecule has 0 bridgehead atoms. The highest BCUT2D eigenvalue weighted by atomic mass is 35.5. The smallest absolute Gasteiger partial charge is 0.243 e. The standard InChI is InChI=1S/C20H31N3O3S.ClH/c1-15-3-4-19(13-16(15)2)27(25,26)23-11-7-18(8-12-23)20(24)22-10-6-17-5-9-21-14-17;/h3-4,13,17-18,21H,5-12,14H2,1-2H3,(H,22,24);1H. The molecule has 3 rings (SSSR count). The highest BCUT2D eigenvalue weighted by molar-refractivity contribution is 7.89. The van der Waals surface area contributed by atoms with Gasteiger partial charge in [-0.05, 0) is 81.8 Å². The Morgan fingerprint density at radius 2 is 1.89 bits per heavy atom. The fraction of sp³-hybridized carbons (Fsp3) is 0.650. The molecule has 2 aliphatic heterocycles. The quantitative estimate of drug-likeness (QED) is 0.726. The van der Waals surface area contributed by atoms with Crippen molar-refractivity contribution in [1.82, 2.24) is 14.9 Å². The lowest BCUT2D eigenvalue weighted by atomic mass is 9.97. The van der Waals surface area contributed by atoms with Gasteiger partial charge in [0.25, 0.3) is 0 Å². The Labute approximate surface area is 174 Å². The highest BCUT2D eigenvalue weighted by Crippen LogP contribution is 2.25. The SMILES string of the molecule is Cc1ccc(S(=O)(=O)N2CCC(C(=O)NCCC3CCNC3)CC2)cc1C.Cl. The second kappa shape index (κ2) is 10.1. The van der Waals surface area contributed by atoms with Crippen LogP contribution < -0.4 is 10.6 Å². The second-order valence-electron chi connectivity index (χ2n) is 7.86. The van der Waals surface area contributed by atoms with Crippen LogP contribution in [0, 0.1) is 25.7 Å². The van der Waals surface area contributed by atoms with Crippen LogP contribution in [0.2, 0.25) is 0 Å². The first-order valence-electron chi connectivity index (χ1n) is 9.94. The van der Waals surface area contributed by atoms with E-state index in [1.807, 2.05) is 19.9 Å². The molecule has 28 heavy (non-hydrogen) atoms. The number of nitrogens with zero attached hydrogens (tertiary/aromatic N) is 1. The fourth-order valence-electron chi connectivity index (χ4n) is 3.89. The summed E-state index contributed by atoms with van der Waals surface area (Å²) in [5.41, 5.74) is 2.06. The number of sulfonamides is 1. The van der Waals surface area contributed by atoms with Gasteiger partial charge in [0.15, 0.2) is 0 Å². The van der Waals surface area contributed by atoms with E-state index in [0.29, 0.717) is 43.3 Å². The van der Waals surface area contributed by atoms with Crippen LogP contribution in [-0.2, 0) is 14.8 Å². The average Bonchev–Trinajstić information content (AvgIpc) is 3.17. The number of benzene rings is 1. The minimum atomic E-state index is -3.48. The number of hydrogen-bond acceptors (Lipinski definition) is 4. The van der Waals surface area contributed by atoms with Crippen LogP contribution in [0.3, 0.4) is 0 Å². The van der Waals surface area contributed by atoms with Crippen molar-refractivity contribution in [2.24, 2.45) is 11.8 Å². The number of carbonyl (C=O) groups excluding carboxylic acids is 1. The lowest BCUT2D eigenvalue weighted by Gasteiger charge is -2.30. The van der Waals surface area contributed by atoms with Crippen molar-refractivity contribution in [2.45, 2.75) is 44.4 Å². The summed E-state index contributed by atoms with van der Waals surface area (Å²) in [6.45, 7) is 7.54. The molecular weight excluding hydrogens is 398 g/mol. The number of nitrogens with one attached hydrogen (secondary N) is 2. The molecule has 1 aromatic carbocycles.